The SMILES string of the molecule is CCOc1ccc(C(=O)[C@@H]2[C@@H](c3ccco3)CN(C)[C@]23C(=O)N(Cc2cc(C)ccc2C)c2ccccc23)cc1. The van der Waals surface area contributed by atoms with E-state index in [0.717, 1.165) is 27.9 Å². The highest BCUT2D eigenvalue weighted by molar-refractivity contribution is 6.13. The molecule has 0 unspecified atom stereocenters. The number of likely N-dealkylation sites (tertiary alicyclic amines) is 1. The summed E-state index contributed by atoms with van der Waals surface area (Å²) in [7, 11) is 1.96. The van der Waals surface area contributed by atoms with Crippen molar-refractivity contribution in [1.29, 1.82) is 0 Å². The van der Waals surface area contributed by atoms with Crippen molar-refractivity contribution in [1.82, 2.24) is 4.90 Å². The maximum atomic E-state index is 14.9. The highest BCUT2D eigenvalue weighted by Crippen LogP contribution is 2.57. The minimum Gasteiger partial charge on any atom is -0.494 e. The lowest BCUT2D eigenvalue weighted by atomic mass is 9.71. The van der Waals surface area contributed by atoms with Crippen LogP contribution in [0.1, 0.15) is 51.2 Å². The van der Waals surface area contributed by atoms with Crippen LogP contribution in [0.15, 0.2) is 89.5 Å². The van der Waals surface area contributed by atoms with E-state index in [1.807, 2.05) is 67.4 Å². The van der Waals surface area contributed by atoms with Crippen LogP contribution < -0.4 is 9.64 Å². The lowest BCUT2D eigenvalue weighted by Crippen LogP contribution is -2.53. The summed E-state index contributed by atoms with van der Waals surface area (Å²) in [6, 6.07) is 25.3. The largest absolute Gasteiger partial charge is 0.494 e. The number of aryl methyl sites for hydroxylation is 2. The molecule has 0 aliphatic carbocycles. The number of anilines is 1. The molecule has 2 aliphatic rings. The van der Waals surface area contributed by atoms with Gasteiger partial charge in [0.15, 0.2) is 5.78 Å². The molecular formula is C34H34N2O4. The molecule has 3 aromatic carbocycles. The number of benzene rings is 3. The first-order valence-corrected chi connectivity index (χ1v) is 13.9. The van der Waals surface area contributed by atoms with Crippen LogP contribution in [-0.2, 0) is 16.9 Å². The Kier molecular flexibility index (Phi) is 6.59. The summed E-state index contributed by atoms with van der Waals surface area (Å²) in [6.45, 7) is 7.56. The molecule has 0 saturated carbocycles. The Labute approximate surface area is 235 Å². The molecule has 40 heavy (non-hydrogen) atoms. The molecule has 2 aliphatic heterocycles. The van der Waals surface area contributed by atoms with Gasteiger partial charge in [0.2, 0.25) is 0 Å². The molecular weight excluding hydrogens is 500 g/mol. The number of fused-ring (bicyclic) bond motifs is 2. The minimum absolute atomic E-state index is 0.0737. The first-order valence-electron chi connectivity index (χ1n) is 13.9. The summed E-state index contributed by atoms with van der Waals surface area (Å²) in [5.74, 6) is 0.296. The van der Waals surface area contributed by atoms with Gasteiger partial charge in [0.05, 0.1) is 25.3 Å². The minimum atomic E-state index is -1.17. The molecule has 1 saturated heterocycles. The number of rotatable bonds is 7. The maximum absolute atomic E-state index is 14.9. The second-order valence-electron chi connectivity index (χ2n) is 10.9. The molecule has 1 amide bonds. The van der Waals surface area contributed by atoms with Crippen LogP contribution in [0.3, 0.4) is 0 Å². The van der Waals surface area contributed by atoms with Gasteiger partial charge in [-0.2, -0.15) is 0 Å². The molecule has 0 bridgehead atoms. The third-order valence-electron chi connectivity index (χ3n) is 8.58. The quantitative estimate of drug-likeness (QED) is 0.262. The average molecular weight is 535 g/mol. The van der Waals surface area contributed by atoms with Gasteiger partial charge in [-0.3, -0.25) is 14.5 Å². The van der Waals surface area contributed by atoms with Crippen LogP contribution in [0, 0.1) is 19.8 Å². The second-order valence-corrected chi connectivity index (χ2v) is 10.9. The summed E-state index contributed by atoms with van der Waals surface area (Å²) in [4.78, 5) is 33.4. The van der Waals surface area contributed by atoms with Crippen LogP contribution in [-0.4, -0.2) is 36.8 Å². The van der Waals surface area contributed by atoms with Crippen molar-refractivity contribution in [2.45, 2.75) is 38.8 Å². The Hall–Kier alpha value is -4.16. The molecule has 3 atom stereocenters. The standard InChI is InChI=1S/C34H34N2O4/c1-5-39-26-16-14-24(15-17-26)32(37)31-27(30-11-8-18-40-30)21-35(4)34(31)28-9-6-7-10-29(28)36(33(34)38)20-25-19-22(2)12-13-23(25)3/h6-19,27,31H,5,20-21H2,1-4H3/t27-,31+,34+/m1/s1. The van der Waals surface area contributed by atoms with E-state index in [9.17, 15) is 9.59 Å². The fourth-order valence-electron chi connectivity index (χ4n) is 6.69. The number of furan rings is 1. The Bertz CT molecular complexity index is 1560. The van der Waals surface area contributed by atoms with Crippen LogP contribution >= 0.6 is 0 Å². The lowest BCUT2D eigenvalue weighted by molar-refractivity contribution is -0.129. The molecule has 4 aromatic rings. The summed E-state index contributed by atoms with van der Waals surface area (Å²) in [5.41, 5.74) is 4.48. The molecule has 6 heteroatoms. The van der Waals surface area contributed by atoms with Gasteiger partial charge in [0.1, 0.15) is 17.0 Å². The Balaban J connectivity index is 1.50. The van der Waals surface area contributed by atoms with E-state index in [2.05, 4.69) is 36.9 Å². The van der Waals surface area contributed by atoms with Crippen LogP contribution in [0.2, 0.25) is 0 Å². The van der Waals surface area contributed by atoms with E-state index in [4.69, 9.17) is 9.15 Å². The molecule has 0 N–H and O–H groups in total. The molecule has 1 spiro atoms. The van der Waals surface area contributed by atoms with Gasteiger partial charge in [0.25, 0.3) is 5.91 Å². The molecule has 3 heterocycles. The summed E-state index contributed by atoms with van der Waals surface area (Å²) in [6.07, 6.45) is 1.63. The first kappa shape index (κ1) is 26.1. The predicted octanol–water partition coefficient (Wildman–Crippen LogP) is 6.27. The van der Waals surface area contributed by atoms with E-state index in [-0.39, 0.29) is 17.6 Å². The van der Waals surface area contributed by atoms with Crippen molar-refractivity contribution >= 4 is 17.4 Å². The number of para-hydroxylation sites is 1. The first-order chi connectivity index (χ1) is 19.4. The number of ether oxygens (including phenoxy) is 1. The number of hydrogen-bond donors (Lipinski definition) is 0. The Morgan fingerprint density at radius 1 is 1.02 bits per heavy atom. The van der Waals surface area contributed by atoms with Gasteiger partial charge in [-0.05, 0) is 81.4 Å². The Morgan fingerprint density at radius 3 is 2.52 bits per heavy atom. The summed E-state index contributed by atoms with van der Waals surface area (Å²) >= 11 is 0. The summed E-state index contributed by atoms with van der Waals surface area (Å²) in [5, 5.41) is 0. The number of Topliss-reactive ketones (excluding diaryl/α,β-unsaturated/α-hetero) is 1. The van der Waals surface area contributed by atoms with Gasteiger partial charge >= 0.3 is 0 Å². The molecule has 204 valence electrons. The van der Waals surface area contributed by atoms with Gasteiger partial charge in [-0.15, -0.1) is 0 Å². The van der Waals surface area contributed by atoms with Crippen molar-refractivity contribution in [3.05, 3.63) is 119 Å². The fourth-order valence-corrected chi connectivity index (χ4v) is 6.69. The van der Waals surface area contributed by atoms with Gasteiger partial charge in [-0.25, -0.2) is 0 Å². The van der Waals surface area contributed by atoms with Crippen LogP contribution in [0.4, 0.5) is 5.69 Å². The highest BCUT2D eigenvalue weighted by Gasteiger charge is 2.66. The molecule has 0 radical (unpaired) electrons. The molecule has 1 aromatic heterocycles. The lowest BCUT2D eigenvalue weighted by Gasteiger charge is -2.36. The number of carbonyl (C=O) groups excluding carboxylic acids is 2. The highest BCUT2D eigenvalue weighted by atomic mass is 16.5. The van der Waals surface area contributed by atoms with E-state index in [1.165, 1.54) is 0 Å². The van der Waals surface area contributed by atoms with Crippen molar-refractivity contribution < 1.29 is 18.7 Å². The second kappa shape index (κ2) is 10.1. The normalized spacial score (nSPS) is 22.2. The zero-order valence-corrected chi connectivity index (χ0v) is 23.4. The third-order valence-corrected chi connectivity index (χ3v) is 8.58. The summed E-state index contributed by atoms with van der Waals surface area (Å²) < 4.78 is 11.5. The number of hydrogen-bond acceptors (Lipinski definition) is 5. The third kappa shape index (κ3) is 3.97. The fraction of sp³-hybridized carbons (Fsp3) is 0.294. The molecule has 6 rings (SSSR count). The van der Waals surface area contributed by atoms with E-state index in [0.29, 0.717) is 36.8 Å². The van der Waals surface area contributed by atoms with Crippen molar-refractivity contribution in [2.24, 2.45) is 5.92 Å². The number of carbonyl (C=O) groups is 2. The van der Waals surface area contributed by atoms with Gasteiger partial charge < -0.3 is 14.1 Å². The van der Waals surface area contributed by atoms with Crippen molar-refractivity contribution in [3.8, 4) is 5.75 Å². The smallest absolute Gasteiger partial charge is 0.253 e. The number of amides is 1. The zero-order chi connectivity index (χ0) is 28.0. The van der Waals surface area contributed by atoms with Crippen LogP contribution in [0.25, 0.3) is 0 Å². The topological polar surface area (TPSA) is 63.0 Å². The van der Waals surface area contributed by atoms with Gasteiger partial charge in [-0.1, -0.05) is 42.0 Å². The van der Waals surface area contributed by atoms with Crippen molar-refractivity contribution in [3.63, 3.8) is 0 Å². The maximum Gasteiger partial charge on any atom is 0.253 e. The van der Waals surface area contributed by atoms with E-state index < -0.39 is 11.5 Å². The van der Waals surface area contributed by atoms with Crippen LogP contribution in [0.5, 0.6) is 5.75 Å². The predicted molar refractivity (Wildman–Crippen MR) is 155 cm³/mol. The van der Waals surface area contributed by atoms with E-state index in [1.54, 1.807) is 18.4 Å². The number of likely N-dealkylation sites (N-methyl/N-ethyl adjacent to an activating group) is 1. The molecule has 6 nitrogen and oxygen atoms in total. The van der Waals surface area contributed by atoms with E-state index >= 15 is 0 Å². The number of ketones is 1. The average Bonchev–Trinajstić information content (AvgIpc) is 3.65. The number of nitrogens with zero attached hydrogens (tertiary/aromatic N) is 2. The Morgan fingerprint density at radius 2 is 1.80 bits per heavy atom. The van der Waals surface area contributed by atoms with Crippen molar-refractivity contribution in [2.75, 3.05) is 25.1 Å². The monoisotopic (exact) mass is 534 g/mol. The zero-order valence-electron chi connectivity index (χ0n) is 23.4. The van der Waals surface area contributed by atoms with Gasteiger partial charge in [0, 0.05) is 29.3 Å². The molecule has 1 fully saturated rings.